The van der Waals surface area contributed by atoms with Gasteiger partial charge >= 0.3 is 0 Å². The number of ether oxygens (including phenoxy) is 2. The molecule has 5 nitrogen and oxygen atoms in total. The molecule has 0 bridgehead atoms. The molecule has 0 saturated carbocycles. The van der Waals surface area contributed by atoms with Crippen molar-refractivity contribution in [3.63, 3.8) is 0 Å². The number of hydrogen-bond donors (Lipinski definition) is 0. The van der Waals surface area contributed by atoms with E-state index in [1.54, 1.807) is 23.1 Å². The molecule has 0 aromatic heterocycles. The monoisotopic (exact) mass is 476 g/mol. The van der Waals surface area contributed by atoms with Crippen molar-refractivity contribution in [1.82, 2.24) is 0 Å². The number of aliphatic imine (C=N–C) groups is 1. The predicted octanol–water partition coefficient (Wildman–Crippen LogP) is 6.17. The topological polar surface area (TPSA) is 51.1 Å². The van der Waals surface area contributed by atoms with Crippen molar-refractivity contribution in [2.75, 3.05) is 17.3 Å². The van der Waals surface area contributed by atoms with Crippen molar-refractivity contribution in [1.29, 1.82) is 0 Å². The van der Waals surface area contributed by atoms with Crippen molar-refractivity contribution < 1.29 is 18.7 Å². The summed E-state index contributed by atoms with van der Waals surface area (Å²) < 4.78 is 24.4. The maximum Gasteiger partial charge on any atom is 0.283 e. The molecule has 3 aromatic rings. The first-order valence-corrected chi connectivity index (χ1v) is 12.0. The first kappa shape index (κ1) is 23.6. The van der Waals surface area contributed by atoms with Gasteiger partial charge in [0, 0.05) is 5.75 Å². The third kappa shape index (κ3) is 6.05. The molecule has 1 heterocycles. The van der Waals surface area contributed by atoms with Gasteiger partial charge in [-0.15, -0.1) is 0 Å². The molecule has 0 fully saturated rings. The zero-order chi connectivity index (χ0) is 23.9. The Bertz CT molecular complexity index is 1180. The lowest BCUT2D eigenvalue weighted by molar-refractivity contribution is -0.113. The lowest BCUT2D eigenvalue weighted by Gasteiger charge is -2.17. The molecule has 1 aliphatic heterocycles. The molecule has 0 aliphatic carbocycles. The average Bonchev–Trinajstić information content (AvgIpc) is 3.14. The van der Waals surface area contributed by atoms with Crippen LogP contribution in [0.4, 0.5) is 10.1 Å². The summed E-state index contributed by atoms with van der Waals surface area (Å²) in [7, 11) is 0. The maximum atomic E-state index is 13.3. The van der Waals surface area contributed by atoms with Crippen LogP contribution in [-0.2, 0) is 4.79 Å². The van der Waals surface area contributed by atoms with Crippen LogP contribution in [0.1, 0.15) is 19.4 Å². The maximum absolute atomic E-state index is 13.3. The van der Waals surface area contributed by atoms with Crippen molar-refractivity contribution in [2.45, 2.75) is 20.0 Å². The number of hydrogen-bond acceptors (Lipinski definition) is 5. The standard InChI is InChI=1S/C27H25FN2O3S/c1-19(2)33-24-12-8-20(9-13-24)18-25-26(31)30(22-6-4-3-5-7-22)27(29-25)34-17-16-32-23-14-10-21(28)11-15-23/h3-15,18-19H,16-17H2,1-2H3/b25-18+. The normalized spacial score (nSPS) is 14.6. The molecule has 1 amide bonds. The second-order valence-electron chi connectivity index (χ2n) is 7.79. The Hall–Kier alpha value is -3.58. The van der Waals surface area contributed by atoms with Crippen molar-refractivity contribution in [3.05, 3.63) is 95.9 Å². The molecule has 0 saturated heterocycles. The molecule has 34 heavy (non-hydrogen) atoms. The van der Waals surface area contributed by atoms with Crippen LogP contribution >= 0.6 is 11.8 Å². The third-order valence-electron chi connectivity index (χ3n) is 4.80. The third-order valence-corrected chi connectivity index (χ3v) is 5.70. The first-order chi connectivity index (χ1) is 16.5. The molecule has 0 N–H and O–H groups in total. The van der Waals surface area contributed by atoms with Gasteiger partial charge in [-0.25, -0.2) is 9.38 Å². The van der Waals surface area contributed by atoms with Gasteiger partial charge in [-0.05, 0) is 74.0 Å². The minimum absolute atomic E-state index is 0.0938. The molecule has 174 valence electrons. The van der Waals surface area contributed by atoms with Crippen molar-refractivity contribution in [3.8, 4) is 11.5 Å². The number of carbonyl (C=O) groups excluding carboxylic acids is 1. The SMILES string of the molecule is CC(C)Oc1ccc(/C=C2/N=C(SCCOc3ccc(F)cc3)N(c3ccccc3)C2=O)cc1. The Balaban J connectivity index is 1.49. The molecular weight excluding hydrogens is 451 g/mol. The molecule has 3 aromatic carbocycles. The highest BCUT2D eigenvalue weighted by molar-refractivity contribution is 8.14. The van der Waals surface area contributed by atoms with Crippen LogP contribution in [0.5, 0.6) is 11.5 Å². The van der Waals surface area contributed by atoms with Gasteiger partial charge in [-0.2, -0.15) is 0 Å². The summed E-state index contributed by atoms with van der Waals surface area (Å²) >= 11 is 1.43. The number of carbonyl (C=O) groups is 1. The van der Waals surface area contributed by atoms with Crippen LogP contribution in [-0.4, -0.2) is 29.5 Å². The number of anilines is 1. The minimum atomic E-state index is -0.305. The fraction of sp³-hybridized carbons (Fsp3) is 0.185. The van der Waals surface area contributed by atoms with Crippen molar-refractivity contribution >= 4 is 34.6 Å². The summed E-state index contributed by atoms with van der Waals surface area (Å²) in [5.41, 5.74) is 1.98. The lowest BCUT2D eigenvalue weighted by atomic mass is 10.2. The van der Waals surface area contributed by atoms with Crippen LogP contribution < -0.4 is 14.4 Å². The van der Waals surface area contributed by atoms with Crippen LogP contribution in [0.25, 0.3) is 6.08 Å². The van der Waals surface area contributed by atoms with E-state index in [4.69, 9.17) is 9.47 Å². The highest BCUT2D eigenvalue weighted by Crippen LogP contribution is 2.29. The summed E-state index contributed by atoms with van der Waals surface area (Å²) in [6.07, 6.45) is 1.87. The van der Waals surface area contributed by atoms with E-state index in [0.717, 1.165) is 17.0 Å². The number of amidine groups is 1. The van der Waals surface area contributed by atoms with Gasteiger partial charge in [0.05, 0.1) is 18.4 Å². The fourth-order valence-corrected chi connectivity index (χ4v) is 4.12. The van der Waals surface area contributed by atoms with E-state index in [1.165, 1.54) is 23.9 Å². The Morgan fingerprint density at radius 2 is 1.65 bits per heavy atom. The molecule has 0 radical (unpaired) electrons. The summed E-state index contributed by atoms with van der Waals surface area (Å²) in [6.45, 7) is 4.34. The Morgan fingerprint density at radius 1 is 0.971 bits per heavy atom. The summed E-state index contributed by atoms with van der Waals surface area (Å²) in [6, 6.07) is 22.9. The average molecular weight is 477 g/mol. The Labute approximate surface area is 202 Å². The van der Waals surface area contributed by atoms with Gasteiger partial charge in [-0.1, -0.05) is 42.1 Å². The van der Waals surface area contributed by atoms with Crippen LogP contribution in [0, 0.1) is 5.82 Å². The summed E-state index contributed by atoms with van der Waals surface area (Å²) in [4.78, 5) is 19.5. The molecule has 7 heteroatoms. The van der Waals surface area contributed by atoms with Gasteiger partial charge in [-0.3, -0.25) is 9.69 Å². The zero-order valence-corrected chi connectivity index (χ0v) is 19.8. The zero-order valence-electron chi connectivity index (χ0n) is 19.0. The van der Waals surface area contributed by atoms with E-state index in [9.17, 15) is 9.18 Å². The number of halogens is 1. The number of nitrogens with zero attached hydrogens (tertiary/aromatic N) is 2. The van der Waals surface area contributed by atoms with E-state index in [1.807, 2.05) is 68.4 Å². The number of para-hydroxylation sites is 1. The van der Waals surface area contributed by atoms with Crippen LogP contribution in [0.2, 0.25) is 0 Å². The lowest BCUT2D eigenvalue weighted by Crippen LogP contribution is -2.30. The van der Waals surface area contributed by atoms with Gasteiger partial charge in [0.2, 0.25) is 0 Å². The molecule has 4 rings (SSSR count). The molecule has 0 spiro atoms. The van der Waals surface area contributed by atoms with E-state index >= 15 is 0 Å². The number of thioether (sulfide) groups is 1. The van der Waals surface area contributed by atoms with E-state index in [-0.39, 0.29) is 17.8 Å². The second kappa shape index (κ2) is 11.0. The molecule has 1 aliphatic rings. The number of benzene rings is 3. The fourth-order valence-electron chi connectivity index (χ4n) is 3.29. The highest BCUT2D eigenvalue weighted by Gasteiger charge is 2.31. The largest absolute Gasteiger partial charge is 0.493 e. The number of rotatable bonds is 8. The van der Waals surface area contributed by atoms with Gasteiger partial charge in [0.1, 0.15) is 23.0 Å². The van der Waals surface area contributed by atoms with Crippen molar-refractivity contribution in [2.24, 2.45) is 4.99 Å². The van der Waals surface area contributed by atoms with Gasteiger partial charge < -0.3 is 9.47 Å². The molecule has 0 unspecified atom stereocenters. The van der Waals surface area contributed by atoms with Gasteiger partial charge in [0.25, 0.3) is 5.91 Å². The van der Waals surface area contributed by atoms with E-state index in [2.05, 4.69) is 4.99 Å². The minimum Gasteiger partial charge on any atom is -0.493 e. The first-order valence-electron chi connectivity index (χ1n) is 11.0. The second-order valence-corrected chi connectivity index (χ2v) is 8.85. The molecular formula is C27H25FN2O3S. The smallest absolute Gasteiger partial charge is 0.283 e. The van der Waals surface area contributed by atoms with Gasteiger partial charge in [0.15, 0.2) is 5.17 Å². The molecule has 0 atom stereocenters. The predicted molar refractivity (Wildman–Crippen MR) is 136 cm³/mol. The Morgan fingerprint density at radius 3 is 2.32 bits per heavy atom. The van der Waals surface area contributed by atoms with Crippen LogP contribution in [0.3, 0.4) is 0 Å². The number of amides is 1. The van der Waals surface area contributed by atoms with E-state index in [0.29, 0.717) is 29.0 Å². The van der Waals surface area contributed by atoms with Crippen LogP contribution in [0.15, 0.2) is 89.6 Å². The summed E-state index contributed by atoms with van der Waals surface area (Å²) in [5.74, 6) is 1.45. The summed E-state index contributed by atoms with van der Waals surface area (Å²) in [5, 5.41) is 0.588. The Kier molecular flexibility index (Phi) is 7.65. The highest BCUT2D eigenvalue weighted by atomic mass is 32.2. The van der Waals surface area contributed by atoms with E-state index < -0.39 is 0 Å². The quantitative estimate of drug-likeness (QED) is 0.288.